The number of benzene rings is 3. The van der Waals surface area contributed by atoms with Gasteiger partial charge in [0.05, 0.1) is 17.0 Å². The maximum Gasteiger partial charge on any atom is 0.244 e. The van der Waals surface area contributed by atoms with Crippen molar-refractivity contribution in [3.8, 4) is 0 Å². The number of hydrogen-bond acceptors (Lipinski definition) is 4. The molecule has 1 N–H and O–H groups in total. The highest BCUT2D eigenvalue weighted by atomic mass is 35.5. The molecule has 202 valence electrons. The highest BCUT2D eigenvalue weighted by Gasteiger charge is 2.33. The fraction of sp³-hybridized carbons (Fsp3) is 0.286. The standard InChI is InChI=1S/C28H31Cl2N3O4S/c1-20(2)31-28(35)26(16-21-10-6-4-7-11-21)32(18-22-12-8-5-9-13-22)27(34)19-33(38(3,36)37)25-15-14-23(29)17-24(25)30/h4-15,17,20,26H,16,18-19H2,1-3H3,(H,31,35). The summed E-state index contributed by atoms with van der Waals surface area (Å²) in [5.41, 5.74) is 1.78. The Labute approximate surface area is 234 Å². The summed E-state index contributed by atoms with van der Waals surface area (Å²) in [7, 11) is -3.92. The fourth-order valence-electron chi connectivity index (χ4n) is 3.99. The Bertz CT molecular complexity index is 1350. The second-order valence-electron chi connectivity index (χ2n) is 9.24. The van der Waals surface area contributed by atoms with Crippen molar-refractivity contribution in [3.63, 3.8) is 0 Å². The third-order valence-corrected chi connectivity index (χ3v) is 7.42. The number of carbonyl (C=O) groups excluding carboxylic acids is 2. The van der Waals surface area contributed by atoms with E-state index in [0.717, 1.165) is 21.7 Å². The molecule has 7 nitrogen and oxygen atoms in total. The van der Waals surface area contributed by atoms with Crippen molar-refractivity contribution in [2.24, 2.45) is 0 Å². The molecular weight excluding hydrogens is 545 g/mol. The topological polar surface area (TPSA) is 86.8 Å². The lowest BCUT2D eigenvalue weighted by Gasteiger charge is -2.34. The van der Waals surface area contributed by atoms with E-state index in [1.165, 1.54) is 23.1 Å². The normalized spacial score (nSPS) is 12.2. The molecule has 3 rings (SSSR count). The van der Waals surface area contributed by atoms with Crippen LogP contribution in [0.1, 0.15) is 25.0 Å². The van der Waals surface area contributed by atoms with Crippen LogP contribution in [-0.2, 0) is 32.6 Å². The molecule has 1 atom stereocenters. The average molecular weight is 577 g/mol. The van der Waals surface area contributed by atoms with Gasteiger partial charge in [0, 0.05) is 24.0 Å². The lowest BCUT2D eigenvalue weighted by Crippen LogP contribution is -2.54. The summed E-state index contributed by atoms with van der Waals surface area (Å²) in [6, 6.07) is 21.9. The van der Waals surface area contributed by atoms with E-state index >= 15 is 0 Å². The third kappa shape index (κ3) is 8.21. The van der Waals surface area contributed by atoms with Crippen molar-refractivity contribution in [1.29, 1.82) is 0 Å². The molecule has 0 aliphatic heterocycles. The second kappa shape index (κ2) is 13.1. The summed E-state index contributed by atoms with van der Waals surface area (Å²) < 4.78 is 26.6. The minimum Gasteiger partial charge on any atom is -0.352 e. The maximum atomic E-state index is 13.9. The molecule has 2 amide bonds. The van der Waals surface area contributed by atoms with E-state index in [1.54, 1.807) is 0 Å². The van der Waals surface area contributed by atoms with Crippen molar-refractivity contribution < 1.29 is 18.0 Å². The molecule has 38 heavy (non-hydrogen) atoms. The molecule has 3 aromatic carbocycles. The molecule has 0 aliphatic carbocycles. The monoisotopic (exact) mass is 575 g/mol. The molecule has 0 saturated heterocycles. The predicted molar refractivity (Wildman–Crippen MR) is 153 cm³/mol. The fourth-order valence-corrected chi connectivity index (χ4v) is 5.42. The van der Waals surface area contributed by atoms with Crippen LogP contribution in [0.25, 0.3) is 0 Å². The number of rotatable bonds is 11. The summed E-state index contributed by atoms with van der Waals surface area (Å²) in [6.07, 6.45) is 1.25. The Morgan fingerprint density at radius 1 is 0.895 bits per heavy atom. The van der Waals surface area contributed by atoms with Crippen LogP contribution < -0.4 is 9.62 Å². The number of sulfonamides is 1. The van der Waals surface area contributed by atoms with Gasteiger partial charge in [0.1, 0.15) is 12.6 Å². The number of carbonyl (C=O) groups is 2. The number of anilines is 1. The minimum absolute atomic E-state index is 0.0868. The zero-order chi connectivity index (χ0) is 27.9. The molecule has 3 aromatic rings. The van der Waals surface area contributed by atoms with Crippen molar-refractivity contribution in [2.45, 2.75) is 38.9 Å². The first-order valence-electron chi connectivity index (χ1n) is 12.1. The first kappa shape index (κ1) is 29.5. The first-order chi connectivity index (χ1) is 18.0. The quantitative estimate of drug-likeness (QED) is 0.351. The summed E-state index contributed by atoms with van der Waals surface area (Å²) in [5.74, 6) is -0.881. The SMILES string of the molecule is CC(C)NC(=O)C(Cc1ccccc1)N(Cc1ccccc1)C(=O)CN(c1ccc(Cl)cc1Cl)S(C)(=O)=O. The predicted octanol–water partition coefficient (Wildman–Crippen LogP) is 4.92. The van der Waals surface area contributed by atoms with Gasteiger partial charge in [0.2, 0.25) is 21.8 Å². The Balaban J connectivity index is 2.05. The van der Waals surface area contributed by atoms with Gasteiger partial charge in [-0.05, 0) is 43.2 Å². The number of hydrogen-bond donors (Lipinski definition) is 1. The highest BCUT2D eigenvalue weighted by Crippen LogP contribution is 2.30. The molecular formula is C28H31Cl2N3O4S. The van der Waals surface area contributed by atoms with E-state index in [9.17, 15) is 18.0 Å². The molecule has 0 aromatic heterocycles. The minimum atomic E-state index is -3.92. The lowest BCUT2D eigenvalue weighted by atomic mass is 10.0. The number of amides is 2. The van der Waals surface area contributed by atoms with Crippen LogP contribution in [0.5, 0.6) is 0 Å². The van der Waals surface area contributed by atoms with Gasteiger partial charge in [0.15, 0.2) is 0 Å². The first-order valence-corrected chi connectivity index (χ1v) is 14.7. The molecule has 0 aliphatic rings. The zero-order valence-electron chi connectivity index (χ0n) is 21.5. The Hall–Kier alpha value is -3.07. The average Bonchev–Trinajstić information content (AvgIpc) is 2.85. The van der Waals surface area contributed by atoms with E-state index in [4.69, 9.17) is 23.2 Å². The Morgan fingerprint density at radius 2 is 1.47 bits per heavy atom. The molecule has 0 heterocycles. The van der Waals surface area contributed by atoms with Crippen molar-refractivity contribution in [1.82, 2.24) is 10.2 Å². The van der Waals surface area contributed by atoms with E-state index < -0.39 is 28.5 Å². The van der Waals surface area contributed by atoms with Crippen LogP contribution in [0.3, 0.4) is 0 Å². The van der Waals surface area contributed by atoms with Crippen molar-refractivity contribution in [2.75, 3.05) is 17.1 Å². The number of nitrogens with one attached hydrogen (secondary N) is 1. The highest BCUT2D eigenvalue weighted by molar-refractivity contribution is 7.92. The largest absolute Gasteiger partial charge is 0.352 e. The van der Waals surface area contributed by atoms with Crippen LogP contribution in [0.2, 0.25) is 10.0 Å². The van der Waals surface area contributed by atoms with E-state index in [2.05, 4.69) is 5.32 Å². The molecule has 0 saturated carbocycles. The Morgan fingerprint density at radius 3 is 2.00 bits per heavy atom. The van der Waals surface area contributed by atoms with Crippen molar-refractivity contribution >= 4 is 50.7 Å². The van der Waals surface area contributed by atoms with E-state index in [0.29, 0.717) is 5.02 Å². The van der Waals surface area contributed by atoms with Gasteiger partial charge in [-0.1, -0.05) is 83.9 Å². The van der Waals surface area contributed by atoms with Crippen LogP contribution in [0.4, 0.5) is 5.69 Å². The Kier molecular flexibility index (Phi) is 10.2. The van der Waals surface area contributed by atoms with Gasteiger partial charge >= 0.3 is 0 Å². The smallest absolute Gasteiger partial charge is 0.244 e. The van der Waals surface area contributed by atoms with E-state index in [-0.39, 0.29) is 35.6 Å². The summed E-state index contributed by atoms with van der Waals surface area (Å²) >= 11 is 12.3. The molecule has 10 heteroatoms. The molecule has 0 fully saturated rings. The van der Waals surface area contributed by atoms with Crippen LogP contribution in [0.15, 0.2) is 78.9 Å². The summed E-state index contributed by atoms with van der Waals surface area (Å²) in [5, 5.41) is 3.33. The third-order valence-electron chi connectivity index (χ3n) is 5.76. The van der Waals surface area contributed by atoms with Gasteiger partial charge in [-0.15, -0.1) is 0 Å². The molecule has 0 spiro atoms. The van der Waals surface area contributed by atoms with Crippen LogP contribution >= 0.6 is 23.2 Å². The molecule has 1 unspecified atom stereocenters. The summed E-state index contributed by atoms with van der Waals surface area (Å²) in [6.45, 7) is 3.24. The van der Waals surface area contributed by atoms with Gasteiger partial charge in [-0.25, -0.2) is 8.42 Å². The van der Waals surface area contributed by atoms with Crippen LogP contribution in [0, 0.1) is 0 Å². The number of nitrogens with zero attached hydrogens (tertiary/aromatic N) is 2. The van der Waals surface area contributed by atoms with Gasteiger partial charge < -0.3 is 10.2 Å². The summed E-state index contributed by atoms with van der Waals surface area (Å²) in [4.78, 5) is 28.8. The zero-order valence-corrected chi connectivity index (χ0v) is 23.8. The maximum absolute atomic E-state index is 13.9. The van der Waals surface area contributed by atoms with Gasteiger partial charge in [-0.3, -0.25) is 13.9 Å². The second-order valence-corrected chi connectivity index (χ2v) is 12.0. The molecule has 0 bridgehead atoms. The van der Waals surface area contributed by atoms with Crippen molar-refractivity contribution in [3.05, 3.63) is 100 Å². The van der Waals surface area contributed by atoms with Crippen LogP contribution in [-0.4, -0.2) is 50.0 Å². The van der Waals surface area contributed by atoms with Gasteiger partial charge in [0.25, 0.3) is 0 Å². The van der Waals surface area contributed by atoms with Gasteiger partial charge in [-0.2, -0.15) is 0 Å². The van der Waals surface area contributed by atoms with E-state index in [1.807, 2.05) is 74.5 Å². The number of halogens is 2. The molecule has 0 radical (unpaired) electrons. The lowest BCUT2D eigenvalue weighted by molar-refractivity contribution is -0.140.